The molecule has 1 amide bonds. The standard InChI is InChI=1S/C14H22F3NO3/c1-3-9(4-2)18(8-14(15,16)17)12(19)10-6-5-7-11(10)13(20)21/h9-11H,3-8H2,1-2H3,(H,20,21). The summed E-state index contributed by atoms with van der Waals surface area (Å²) >= 11 is 0. The third kappa shape index (κ3) is 4.61. The zero-order valence-electron chi connectivity index (χ0n) is 12.3. The van der Waals surface area contributed by atoms with Crippen LogP contribution in [0.5, 0.6) is 0 Å². The van der Waals surface area contributed by atoms with Gasteiger partial charge in [-0.25, -0.2) is 0 Å². The first-order valence-corrected chi connectivity index (χ1v) is 7.31. The summed E-state index contributed by atoms with van der Waals surface area (Å²) in [5, 5.41) is 9.11. The Labute approximate surface area is 122 Å². The van der Waals surface area contributed by atoms with Crippen LogP contribution < -0.4 is 0 Å². The molecule has 0 bridgehead atoms. The normalized spacial score (nSPS) is 22.6. The highest BCUT2D eigenvalue weighted by Crippen LogP contribution is 2.35. The molecule has 2 atom stereocenters. The summed E-state index contributed by atoms with van der Waals surface area (Å²) in [6, 6.07) is -0.505. The Hall–Kier alpha value is -1.27. The number of rotatable bonds is 6. The van der Waals surface area contributed by atoms with E-state index in [1.165, 1.54) is 0 Å². The zero-order chi connectivity index (χ0) is 16.2. The van der Waals surface area contributed by atoms with Crippen molar-refractivity contribution in [1.82, 2.24) is 4.90 Å². The minimum absolute atomic E-state index is 0.351. The minimum atomic E-state index is -4.48. The van der Waals surface area contributed by atoms with Crippen molar-refractivity contribution in [2.24, 2.45) is 11.8 Å². The Balaban J connectivity index is 2.96. The molecule has 4 nitrogen and oxygen atoms in total. The molecule has 0 radical (unpaired) electrons. The average Bonchev–Trinajstić information content (AvgIpc) is 2.86. The average molecular weight is 309 g/mol. The summed E-state index contributed by atoms with van der Waals surface area (Å²) in [7, 11) is 0. The van der Waals surface area contributed by atoms with E-state index in [1.807, 2.05) is 0 Å². The molecule has 0 aromatic rings. The van der Waals surface area contributed by atoms with Crippen LogP contribution in [0.1, 0.15) is 46.0 Å². The van der Waals surface area contributed by atoms with Gasteiger partial charge in [-0.1, -0.05) is 20.3 Å². The maximum Gasteiger partial charge on any atom is 0.406 e. The molecule has 0 aromatic carbocycles. The first-order chi connectivity index (χ1) is 9.71. The van der Waals surface area contributed by atoms with Crippen molar-refractivity contribution >= 4 is 11.9 Å². The Kier molecular flexibility index (Phi) is 6.04. The van der Waals surface area contributed by atoms with Gasteiger partial charge in [-0.2, -0.15) is 13.2 Å². The number of amides is 1. The lowest BCUT2D eigenvalue weighted by Crippen LogP contribution is -2.49. The van der Waals surface area contributed by atoms with Gasteiger partial charge >= 0.3 is 12.1 Å². The van der Waals surface area contributed by atoms with Gasteiger partial charge in [0.25, 0.3) is 0 Å². The summed E-state index contributed by atoms with van der Waals surface area (Å²) in [6.07, 6.45) is -2.36. The predicted octanol–water partition coefficient (Wildman–Crippen LogP) is 3.07. The summed E-state index contributed by atoms with van der Waals surface area (Å²) in [6.45, 7) is 2.16. The lowest BCUT2D eigenvalue weighted by molar-refractivity contribution is -0.170. The van der Waals surface area contributed by atoms with Gasteiger partial charge in [-0.3, -0.25) is 9.59 Å². The molecule has 122 valence electrons. The van der Waals surface area contributed by atoms with E-state index in [1.54, 1.807) is 13.8 Å². The molecule has 1 saturated carbocycles. The maximum atomic E-state index is 12.7. The van der Waals surface area contributed by atoms with E-state index in [4.69, 9.17) is 5.11 Å². The van der Waals surface area contributed by atoms with Gasteiger partial charge in [0.05, 0.1) is 11.8 Å². The summed E-state index contributed by atoms with van der Waals surface area (Å²) in [5.74, 6) is -3.44. The predicted molar refractivity (Wildman–Crippen MR) is 70.6 cm³/mol. The molecule has 1 rings (SSSR count). The molecule has 0 spiro atoms. The van der Waals surface area contributed by atoms with Crippen LogP contribution in [0.15, 0.2) is 0 Å². The number of hydrogen-bond donors (Lipinski definition) is 1. The zero-order valence-corrected chi connectivity index (χ0v) is 12.3. The number of alkyl halides is 3. The molecule has 0 saturated heterocycles. The Morgan fingerprint density at radius 1 is 1.19 bits per heavy atom. The van der Waals surface area contributed by atoms with E-state index < -0.39 is 42.5 Å². The van der Waals surface area contributed by atoms with E-state index in [0.29, 0.717) is 32.1 Å². The topological polar surface area (TPSA) is 57.6 Å². The molecular formula is C14H22F3NO3. The van der Waals surface area contributed by atoms with E-state index >= 15 is 0 Å². The lowest BCUT2D eigenvalue weighted by Gasteiger charge is -2.34. The highest BCUT2D eigenvalue weighted by atomic mass is 19.4. The van der Waals surface area contributed by atoms with Crippen LogP contribution >= 0.6 is 0 Å². The van der Waals surface area contributed by atoms with E-state index in [2.05, 4.69) is 0 Å². The maximum absolute atomic E-state index is 12.7. The molecule has 1 aliphatic carbocycles. The molecule has 1 aliphatic rings. The molecule has 1 fully saturated rings. The van der Waals surface area contributed by atoms with Crippen molar-refractivity contribution in [2.45, 2.75) is 58.2 Å². The van der Waals surface area contributed by atoms with Crippen molar-refractivity contribution < 1.29 is 27.9 Å². The van der Waals surface area contributed by atoms with Crippen LogP contribution in [0.25, 0.3) is 0 Å². The second kappa shape index (κ2) is 7.13. The van der Waals surface area contributed by atoms with Gasteiger partial charge in [0.2, 0.25) is 5.91 Å². The minimum Gasteiger partial charge on any atom is -0.481 e. The van der Waals surface area contributed by atoms with Crippen molar-refractivity contribution in [3.05, 3.63) is 0 Å². The largest absolute Gasteiger partial charge is 0.481 e. The van der Waals surface area contributed by atoms with Crippen LogP contribution in [0.4, 0.5) is 13.2 Å². The van der Waals surface area contributed by atoms with Gasteiger partial charge in [-0.05, 0) is 25.7 Å². The Morgan fingerprint density at radius 3 is 2.14 bits per heavy atom. The Morgan fingerprint density at radius 2 is 1.71 bits per heavy atom. The number of halogens is 3. The molecular weight excluding hydrogens is 287 g/mol. The Bertz CT molecular complexity index is 380. The number of aliphatic carboxylic acids is 1. The van der Waals surface area contributed by atoms with Crippen molar-refractivity contribution in [1.29, 1.82) is 0 Å². The number of carboxylic acid groups (broad SMARTS) is 1. The second-order valence-corrected chi connectivity index (χ2v) is 5.53. The SMILES string of the molecule is CCC(CC)N(CC(F)(F)F)C(=O)C1CCCC1C(=O)O. The van der Waals surface area contributed by atoms with Gasteiger partial charge in [-0.15, -0.1) is 0 Å². The third-order valence-electron chi connectivity index (χ3n) is 4.17. The molecule has 0 aliphatic heterocycles. The molecule has 0 heterocycles. The third-order valence-corrected chi connectivity index (χ3v) is 4.17. The highest BCUT2D eigenvalue weighted by Gasteiger charge is 2.43. The van der Waals surface area contributed by atoms with Crippen LogP contribution in [0.3, 0.4) is 0 Å². The first-order valence-electron chi connectivity index (χ1n) is 7.31. The lowest BCUT2D eigenvalue weighted by atomic mass is 9.93. The first kappa shape index (κ1) is 17.8. The number of carbonyl (C=O) groups is 2. The molecule has 0 aromatic heterocycles. The number of nitrogens with zero attached hydrogens (tertiary/aromatic N) is 1. The van der Waals surface area contributed by atoms with E-state index in [-0.39, 0.29) is 0 Å². The molecule has 7 heteroatoms. The van der Waals surface area contributed by atoms with Gasteiger partial charge < -0.3 is 10.0 Å². The molecule has 1 N–H and O–H groups in total. The van der Waals surface area contributed by atoms with Crippen LogP contribution in [0, 0.1) is 11.8 Å². The smallest absolute Gasteiger partial charge is 0.406 e. The van der Waals surface area contributed by atoms with E-state index in [0.717, 1.165) is 4.90 Å². The van der Waals surface area contributed by atoms with Gasteiger partial charge in [0.15, 0.2) is 0 Å². The molecule has 2 unspecified atom stereocenters. The fourth-order valence-corrected chi connectivity index (χ4v) is 3.07. The number of carboxylic acids is 1. The van der Waals surface area contributed by atoms with E-state index in [9.17, 15) is 22.8 Å². The monoisotopic (exact) mass is 309 g/mol. The quantitative estimate of drug-likeness (QED) is 0.820. The van der Waals surface area contributed by atoms with Gasteiger partial charge in [0, 0.05) is 6.04 Å². The fourth-order valence-electron chi connectivity index (χ4n) is 3.07. The second-order valence-electron chi connectivity index (χ2n) is 5.53. The van der Waals surface area contributed by atoms with Crippen LogP contribution in [-0.2, 0) is 9.59 Å². The highest BCUT2D eigenvalue weighted by molar-refractivity contribution is 5.85. The van der Waals surface area contributed by atoms with Crippen molar-refractivity contribution in [3.63, 3.8) is 0 Å². The summed E-state index contributed by atoms with van der Waals surface area (Å²) < 4.78 is 38.2. The van der Waals surface area contributed by atoms with Crippen molar-refractivity contribution in [2.75, 3.05) is 6.54 Å². The van der Waals surface area contributed by atoms with Crippen molar-refractivity contribution in [3.8, 4) is 0 Å². The van der Waals surface area contributed by atoms with Gasteiger partial charge in [0.1, 0.15) is 6.54 Å². The molecule has 21 heavy (non-hydrogen) atoms. The van der Waals surface area contributed by atoms with Crippen LogP contribution in [0.2, 0.25) is 0 Å². The number of hydrogen-bond acceptors (Lipinski definition) is 2. The fraction of sp³-hybridized carbons (Fsp3) is 0.857. The van der Waals surface area contributed by atoms with Crippen LogP contribution in [-0.4, -0.2) is 40.6 Å². The number of carbonyl (C=O) groups excluding carboxylic acids is 1. The summed E-state index contributed by atoms with van der Waals surface area (Å²) in [5.41, 5.74) is 0. The summed E-state index contributed by atoms with van der Waals surface area (Å²) in [4.78, 5) is 24.4.